The zero-order chi connectivity index (χ0) is 14.8. The van der Waals surface area contributed by atoms with Crippen molar-refractivity contribution < 1.29 is 13.5 Å². The number of hydrogen-bond donors (Lipinski definition) is 2. The molecule has 1 aromatic rings. The van der Waals surface area contributed by atoms with Crippen LogP contribution in [0.25, 0.3) is 0 Å². The van der Waals surface area contributed by atoms with Crippen molar-refractivity contribution in [2.24, 2.45) is 0 Å². The van der Waals surface area contributed by atoms with Crippen LogP contribution in [-0.2, 0) is 10.0 Å². The second-order valence-corrected chi connectivity index (χ2v) is 7.11. The average molecular weight is 294 g/mol. The van der Waals surface area contributed by atoms with Crippen molar-refractivity contribution in [3.63, 3.8) is 0 Å². The summed E-state index contributed by atoms with van der Waals surface area (Å²) in [5, 5.41) is 19.0. The highest BCUT2D eigenvalue weighted by Gasteiger charge is 2.32. The summed E-state index contributed by atoms with van der Waals surface area (Å²) in [6.45, 7) is 1.73. The Morgan fingerprint density at radius 2 is 2.05 bits per heavy atom. The van der Waals surface area contributed by atoms with E-state index in [9.17, 15) is 13.5 Å². The SMILES string of the molecule is Cc1cc(S(=O)(=O)NCC2(O)CCCC2)ccc1C#N. The zero-order valence-electron chi connectivity index (χ0n) is 11.4. The maximum Gasteiger partial charge on any atom is 0.240 e. The smallest absolute Gasteiger partial charge is 0.240 e. The molecule has 0 aromatic heterocycles. The number of nitriles is 1. The van der Waals surface area contributed by atoms with Crippen LogP contribution in [-0.4, -0.2) is 25.7 Å². The van der Waals surface area contributed by atoms with E-state index >= 15 is 0 Å². The Balaban J connectivity index is 2.14. The van der Waals surface area contributed by atoms with Gasteiger partial charge in [-0.25, -0.2) is 13.1 Å². The van der Waals surface area contributed by atoms with Crippen LogP contribution in [0.15, 0.2) is 23.1 Å². The van der Waals surface area contributed by atoms with Crippen molar-refractivity contribution in [1.82, 2.24) is 4.72 Å². The van der Waals surface area contributed by atoms with Crippen molar-refractivity contribution in [1.29, 1.82) is 5.26 Å². The number of nitrogens with one attached hydrogen (secondary N) is 1. The van der Waals surface area contributed by atoms with E-state index in [1.807, 2.05) is 6.07 Å². The monoisotopic (exact) mass is 294 g/mol. The van der Waals surface area contributed by atoms with Crippen molar-refractivity contribution in [3.05, 3.63) is 29.3 Å². The van der Waals surface area contributed by atoms with E-state index in [-0.39, 0.29) is 11.4 Å². The van der Waals surface area contributed by atoms with Crippen LogP contribution in [0, 0.1) is 18.3 Å². The summed E-state index contributed by atoms with van der Waals surface area (Å²) >= 11 is 0. The predicted octanol–water partition coefficient (Wildman–Crippen LogP) is 1.45. The molecule has 0 heterocycles. The summed E-state index contributed by atoms with van der Waals surface area (Å²) in [7, 11) is -3.65. The summed E-state index contributed by atoms with van der Waals surface area (Å²) in [6.07, 6.45) is 3.10. The molecule has 0 amide bonds. The molecule has 0 spiro atoms. The minimum atomic E-state index is -3.65. The second-order valence-electron chi connectivity index (χ2n) is 5.34. The van der Waals surface area contributed by atoms with E-state index in [2.05, 4.69) is 4.72 Å². The number of aryl methyl sites for hydroxylation is 1. The Kier molecular flexibility index (Phi) is 4.14. The van der Waals surface area contributed by atoms with E-state index in [1.165, 1.54) is 18.2 Å². The Labute approximate surface area is 119 Å². The van der Waals surface area contributed by atoms with Gasteiger partial charge in [0.2, 0.25) is 10.0 Å². The standard InChI is InChI=1S/C14H18N2O3S/c1-11-8-13(5-4-12(11)9-15)20(18,19)16-10-14(17)6-2-3-7-14/h4-5,8,16-17H,2-3,6-7,10H2,1H3. The van der Waals surface area contributed by atoms with Crippen LogP contribution in [0.3, 0.4) is 0 Å². The Hall–Kier alpha value is -1.42. The van der Waals surface area contributed by atoms with Crippen LogP contribution in [0.5, 0.6) is 0 Å². The van der Waals surface area contributed by atoms with Crippen molar-refractivity contribution in [2.45, 2.75) is 43.1 Å². The van der Waals surface area contributed by atoms with Gasteiger partial charge in [0.1, 0.15) is 0 Å². The van der Waals surface area contributed by atoms with Crippen molar-refractivity contribution in [3.8, 4) is 6.07 Å². The first kappa shape index (κ1) is 15.0. The fraction of sp³-hybridized carbons (Fsp3) is 0.500. The lowest BCUT2D eigenvalue weighted by atomic mass is 10.0. The molecule has 0 atom stereocenters. The highest BCUT2D eigenvalue weighted by Crippen LogP contribution is 2.29. The highest BCUT2D eigenvalue weighted by molar-refractivity contribution is 7.89. The van der Waals surface area contributed by atoms with Crippen LogP contribution >= 0.6 is 0 Å². The summed E-state index contributed by atoms with van der Waals surface area (Å²) in [5.74, 6) is 0. The van der Waals surface area contributed by atoms with Gasteiger partial charge in [-0.1, -0.05) is 12.8 Å². The molecule has 1 aliphatic carbocycles. The van der Waals surface area contributed by atoms with Gasteiger partial charge in [-0.05, 0) is 43.5 Å². The van der Waals surface area contributed by atoms with Crippen LogP contribution in [0.1, 0.15) is 36.8 Å². The topological polar surface area (TPSA) is 90.2 Å². The number of rotatable bonds is 4. The molecule has 0 radical (unpaired) electrons. The summed E-state index contributed by atoms with van der Waals surface area (Å²) in [5.41, 5.74) is 0.155. The molecular weight excluding hydrogens is 276 g/mol. The third-order valence-electron chi connectivity index (χ3n) is 3.75. The first-order chi connectivity index (χ1) is 9.36. The average Bonchev–Trinajstić information content (AvgIpc) is 2.84. The van der Waals surface area contributed by atoms with E-state index < -0.39 is 15.6 Å². The molecule has 20 heavy (non-hydrogen) atoms. The molecular formula is C14H18N2O3S. The van der Waals surface area contributed by atoms with E-state index in [4.69, 9.17) is 5.26 Å². The fourth-order valence-electron chi connectivity index (χ4n) is 2.45. The Bertz CT molecular complexity index is 641. The first-order valence-corrected chi connectivity index (χ1v) is 8.07. The van der Waals surface area contributed by atoms with Crippen molar-refractivity contribution in [2.75, 3.05) is 6.54 Å². The van der Waals surface area contributed by atoms with Gasteiger partial charge >= 0.3 is 0 Å². The van der Waals surface area contributed by atoms with Crippen LogP contribution in [0.2, 0.25) is 0 Å². The Morgan fingerprint density at radius 1 is 1.40 bits per heavy atom. The van der Waals surface area contributed by atoms with Gasteiger partial charge in [-0.3, -0.25) is 0 Å². The quantitative estimate of drug-likeness (QED) is 0.879. The van der Waals surface area contributed by atoms with Gasteiger partial charge < -0.3 is 5.11 Å². The molecule has 0 aliphatic heterocycles. The molecule has 1 saturated carbocycles. The molecule has 1 aliphatic rings. The molecule has 1 fully saturated rings. The number of benzene rings is 1. The highest BCUT2D eigenvalue weighted by atomic mass is 32.2. The van der Waals surface area contributed by atoms with Crippen LogP contribution in [0.4, 0.5) is 0 Å². The zero-order valence-corrected chi connectivity index (χ0v) is 12.2. The molecule has 0 unspecified atom stereocenters. The van der Waals surface area contributed by atoms with E-state index in [0.717, 1.165) is 12.8 Å². The number of hydrogen-bond acceptors (Lipinski definition) is 4. The molecule has 1 aromatic carbocycles. The lowest BCUT2D eigenvalue weighted by Gasteiger charge is -2.22. The number of nitrogens with zero attached hydrogens (tertiary/aromatic N) is 1. The maximum absolute atomic E-state index is 12.2. The molecule has 0 bridgehead atoms. The van der Waals surface area contributed by atoms with Gasteiger partial charge in [0, 0.05) is 6.54 Å². The Morgan fingerprint density at radius 3 is 2.60 bits per heavy atom. The molecule has 6 heteroatoms. The van der Waals surface area contributed by atoms with E-state index in [0.29, 0.717) is 24.0 Å². The fourth-order valence-corrected chi connectivity index (χ4v) is 3.66. The number of sulfonamides is 1. The number of aliphatic hydroxyl groups is 1. The molecule has 0 saturated heterocycles. The van der Waals surface area contributed by atoms with Gasteiger partial charge in [0.05, 0.1) is 22.1 Å². The van der Waals surface area contributed by atoms with Crippen LogP contribution < -0.4 is 4.72 Å². The summed E-state index contributed by atoms with van der Waals surface area (Å²) in [4.78, 5) is 0.121. The van der Waals surface area contributed by atoms with Gasteiger partial charge in [-0.2, -0.15) is 5.26 Å². The minimum Gasteiger partial charge on any atom is -0.389 e. The van der Waals surface area contributed by atoms with Crippen molar-refractivity contribution >= 4 is 10.0 Å². The lowest BCUT2D eigenvalue weighted by molar-refractivity contribution is 0.0532. The summed E-state index contributed by atoms with van der Waals surface area (Å²) < 4.78 is 26.8. The molecule has 2 N–H and O–H groups in total. The largest absolute Gasteiger partial charge is 0.389 e. The first-order valence-electron chi connectivity index (χ1n) is 6.59. The maximum atomic E-state index is 12.2. The molecule has 5 nitrogen and oxygen atoms in total. The second kappa shape index (κ2) is 5.52. The third kappa shape index (κ3) is 3.18. The lowest BCUT2D eigenvalue weighted by Crippen LogP contribution is -2.40. The summed E-state index contributed by atoms with van der Waals surface area (Å²) in [6, 6.07) is 6.38. The van der Waals surface area contributed by atoms with Gasteiger partial charge in [0.25, 0.3) is 0 Å². The minimum absolute atomic E-state index is 0.0361. The van der Waals surface area contributed by atoms with Gasteiger partial charge in [-0.15, -0.1) is 0 Å². The van der Waals surface area contributed by atoms with E-state index in [1.54, 1.807) is 6.92 Å². The normalized spacial score (nSPS) is 17.9. The molecule has 2 rings (SSSR count). The predicted molar refractivity (Wildman–Crippen MR) is 74.5 cm³/mol. The molecule has 108 valence electrons. The third-order valence-corrected chi connectivity index (χ3v) is 5.15. The van der Waals surface area contributed by atoms with Gasteiger partial charge in [0.15, 0.2) is 0 Å².